The van der Waals surface area contributed by atoms with Crippen LogP contribution in [-0.2, 0) is 10.0 Å². The van der Waals surface area contributed by atoms with Gasteiger partial charge in [-0.1, -0.05) is 6.92 Å². The second-order valence-electron chi connectivity index (χ2n) is 3.41. The molecule has 16 heavy (non-hydrogen) atoms. The maximum absolute atomic E-state index is 11.7. The van der Waals surface area contributed by atoms with Gasteiger partial charge in [-0.3, -0.25) is 0 Å². The van der Waals surface area contributed by atoms with Crippen LogP contribution in [0.5, 0.6) is 11.5 Å². The summed E-state index contributed by atoms with van der Waals surface area (Å²) in [4.78, 5) is 0.186. The molecule has 0 saturated carbocycles. The van der Waals surface area contributed by atoms with Gasteiger partial charge in [0.25, 0.3) is 0 Å². The number of nitrogens with one attached hydrogen (secondary N) is 1. The zero-order chi connectivity index (χ0) is 11.8. The molecular weight excluding hydrogens is 230 g/mol. The summed E-state index contributed by atoms with van der Waals surface area (Å²) in [6.07, 6.45) is -0.368. The number of rotatable bonds is 3. The summed E-state index contributed by atoms with van der Waals surface area (Å²) in [5, 5.41) is 0. The molecule has 0 bridgehead atoms. The van der Waals surface area contributed by atoms with Gasteiger partial charge in [0.1, 0.15) is 0 Å². The van der Waals surface area contributed by atoms with Gasteiger partial charge in [-0.15, -0.1) is 0 Å². The molecule has 0 radical (unpaired) electrons. The second kappa shape index (κ2) is 3.95. The third-order valence-corrected chi connectivity index (χ3v) is 3.69. The maximum atomic E-state index is 11.7. The van der Waals surface area contributed by atoms with Crippen LogP contribution in [-0.4, -0.2) is 21.3 Å². The van der Waals surface area contributed by atoms with Gasteiger partial charge < -0.3 is 9.47 Å². The monoisotopic (exact) mass is 243 g/mol. The van der Waals surface area contributed by atoms with Crippen LogP contribution < -0.4 is 14.2 Å². The molecule has 0 aliphatic carbocycles. The zero-order valence-electron chi connectivity index (χ0n) is 9.06. The van der Waals surface area contributed by atoms with E-state index in [2.05, 4.69) is 4.72 Å². The number of sulfonamides is 1. The van der Waals surface area contributed by atoms with E-state index < -0.39 is 10.0 Å². The van der Waals surface area contributed by atoms with Gasteiger partial charge >= 0.3 is 0 Å². The van der Waals surface area contributed by atoms with E-state index in [0.717, 1.165) is 0 Å². The Hall–Kier alpha value is -1.27. The highest BCUT2D eigenvalue weighted by atomic mass is 32.2. The number of fused-ring (bicyclic) bond motifs is 1. The van der Waals surface area contributed by atoms with Crippen LogP contribution in [0.15, 0.2) is 23.1 Å². The Balaban J connectivity index is 2.36. The molecule has 1 aromatic carbocycles. The van der Waals surface area contributed by atoms with Crippen LogP contribution in [0.2, 0.25) is 0 Å². The molecule has 1 aliphatic heterocycles. The fourth-order valence-electron chi connectivity index (χ4n) is 1.50. The van der Waals surface area contributed by atoms with E-state index in [4.69, 9.17) is 9.47 Å². The van der Waals surface area contributed by atoms with Gasteiger partial charge in [0.15, 0.2) is 11.5 Å². The normalized spacial score (nSPS) is 18.8. The van der Waals surface area contributed by atoms with Crippen molar-refractivity contribution in [1.82, 2.24) is 4.72 Å². The van der Waals surface area contributed by atoms with Crippen LogP contribution in [0.3, 0.4) is 0 Å². The summed E-state index contributed by atoms with van der Waals surface area (Å²) in [5.74, 6) is 1.04. The molecule has 1 unspecified atom stereocenters. The summed E-state index contributed by atoms with van der Waals surface area (Å²) in [5.41, 5.74) is 0. The first kappa shape index (κ1) is 11.2. The molecule has 6 heteroatoms. The zero-order valence-corrected chi connectivity index (χ0v) is 9.87. The maximum Gasteiger partial charge on any atom is 0.240 e. The number of hydrogen-bond acceptors (Lipinski definition) is 4. The van der Waals surface area contributed by atoms with Crippen LogP contribution in [0.4, 0.5) is 0 Å². The highest BCUT2D eigenvalue weighted by molar-refractivity contribution is 7.89. The summed E-state index contributed by atoms with van der Waals surface area (Å²) in [6, 6.07) is 4.57. The van der Waals surface area contributed by atoms with E-state index in [0.29, 0.717) is 18.0 Å². The molecule has 1 aliphatic rings. The van der Waals surface area contributed by atoms with Gasteiger partial charge in [-0.2, -0.15) is 0 Å². The van der Waals surface area contributed by atoms with Crippen LogP contribution in [0.25, 0.3) is 0 Å². The predicted octanol–water partition coefficient (Wildman–Crippen LogP) is 1.10. The van der Waals surface area contributed by atoms with E-state index in [1.54, 1.807) is 19.9 Å². The fraction of sp³-hybridized carbons (Fsp3) is 0.400. The smallest absolute Gasteiger partial charge is 0.240 e. The van der Waals surface area contributed by atoms with Crippen molar-refractivity contribution in [3.05, 3.63) is 18.2 Å². The molecule has 1 aromatic rings. The van der Waals surface area contributed by atoms with Gasteiger partial charge in [0.05, 0.1) is 4.90 Å². The Morgan fingerprint density at radius 1 is 1.31 bits per heavy atom. The van der Waals surface area contributed by atoms with Crippen LogP contribution >= 0.6 is 0 Å². The SMILES string of the molecule is CCNS(=O)(=O)c1ccc2c(c1)OC(C)O2. The lowest BCUT2D eigenvalue weighted by Gasteiger charge is -2.04. The third kappa shape index (κ3) is 1.98. The largest absolute Gasteiger partial charge is 0.451 e. The summed E-state index contributed by atoms with van der Waals surface area (Å²) in [7, 11) is -3.43. The van der Waals surface area contributed by atoms with Crippen molar-refractivity contribution in [1.29, 1.82) is 0 Å². The Labute approximate surface area is 94.4 Å². The van der Waals surface area contributed by atoms with E-state index in [1.807, 2.05) is 0 Å². The van der Waals surface area contributed by atoms with Crippen molar-refractivity contribution in [2.45, 2.75) is 25.0 Å². The van der Waals surface area contributed by atoms with E-state index in [1.165, 1.54) is 12.1 Å². The number of hydrogen-bond donors (Lipinski definition) is 1. The number of benzene rings is 1. The first-order valence-electron chi connectivity index (χ1n) is 5.00. The van der Waals surface area contributed by atoms with Crippen molar-refractivity contribution < 1.29 is 17.9 Å². The highest BCUT2D eigenvalue weighted by Gasteiger charge is 2.23. The Bertz CT molecular complexity index is 498. The summed E-state index contributed by atoms with van der Waals surface area (Å²) >= 11 is 0. The average Bonchev–Trinajstić information content (AvgIpc) is 2.56. The minimum absolute atomic E-state index is 0.186. The lowest BCUT2D eigenvalue weighted by atomic mass is 10.3. The average molecular weight is 243 g/mol. The van der Waals surface area contributed by atoms with Crippen LogP contribution in [0.1, 0.15) is 13.8 Å². The molecule has 1 atom stereocenters. The molecule has 0 fully saturated rings. The molecule has 0 spiro atoms. The first-order chi connectivity index (χ1) is 7.53. The molecule has 0 amide bonds. The van der Waals surface area contributed by atoms with Gasteiger partial charge in [-0.05, 0) is 12.1 Å². The van der Waals surface area contributed by atoms with E-state index in [-0.39, 0.29) is 11.2 Å². The first-order valence-corrected chi connectivity index (χ1v) is 6.48. The van der Waals surface area contributed by atoms with E-state index >= 15 is 0 Å². The summed E-state index contributed by atoms with van der Waals surface area (Å²) < 4.78 is 36.4. The minimum atomic E-state index is -3.43. The van der Waals surface area contributed by atoms with Crippen molar-refractivity contribution >= 4 is 10.0 Å². The fourth-order valence-corrected chi connectivity index (χ4v) is 2.56. The molecule has 1 N–H and O–H groups in total. The standard InChI is InChI=1S/C10H13NO4S/c1-3-11-16(12,13)8-4-5-9-10(6-8)15-7(2)14-9/h4-7,11H,3H2,1-2H3. The minimum Gasteiger partial charge on any atom is -0.451 e. The molecule has 0 saturated heterocycles. The van der Waals surface area contributed by atoms with Crippen LogP contribution in [0, 0.1) is 0 Å². The quantitative estimate of drug-likeness (QED) is 0.863. The Kier molecular flexibility index (Phi) is 2.77. The Morgan fingerprint density at radius 3 is 2.69 bits per heavy atom. The summed E-state index contributed by atoms with van der Waals surface area (Å²) in [6.45, 7) is 3.83. The van der Waals surface area contributed by atoms with Crippen molar-refractivity contribution in [3.63, 3.8) is 0 Å². The third-order valence-electron chi connectivity index (χ3n) is 2.15. The Morgan fingerprint density at radius 2 is 2.00 bits per heavy atom. The topological polar surface area (TPSA) is 64.6 Å². The molecular formula is C10H13NO4S. The predicted molar refractivity (Wildman–Crippen MR) is 58.0 cm³/mol. The number of ether oxygens (including phenoxy) is 2. The van der Waals surface area contributed by atoms with Gasteiger partial charge in [-0.25, -0.2) is 13.1 Å². The molecule has 1 heterocycles. The molecule has 5 nitrogen and oxygen atoms in total. The van der Waals surface area contributed by atoms with Gasteiger partial charge in [0.2, 0.25) is 16.3 Å². The lowest BCUT2D eigenvalue weighted by Crippen LogP contribution is -2.22. The van der Waals surface area contributed by atoms with Gasteiger partial charge in [0, 0.05) is 19.5 Å². The van der Waals surface area contributed by atoms with Crippen molar-refractivity contribution in [2.75, 3.05) is 6.54 Å². The van der Waals surface area contributed by atoms with E-state index in [9.17, 15) is 8.42 Å². The highest BCUT2D eigenvalue weighted by Crippen LogP contribution is 2.36. The molecule has 88 valence electrons. The lowest BCUT2D eigenvalue weighted by molar-refractivity contribution is 0.0678. The van der Waals surface area contributed by atoms with Crippen molar-refractivity contribution in [2.24, 2.45) is 0 Å². The van der Waals surface area contributed by atoms with Crippen molar-refractivity contribution in [3.8, 4) is 11.5 Å². The second-order valence-corrected chi connectivity index (χ2v) is 5.18. The molecule has 2 rings (SSSR count). The molecule has 0 aromatic heterocycles.